The van der Waals surface area contributed by atoms with Gasteiger partial charge in [-0.2, -0.15) is 0 Å². The van der Waals surface area contributed by atoms with Crippen molar-refractivity contribution in [1.82, 2.24) is 0 Å². The lowest BCUT2D eigenvalue weighted by Gasteiger charge is -2.13. The van der Waals surface area contributed by atoms with Gasteiger partial charge in [-0.25, -0.2) is 9.79 Å². The molecule has 0 radical (unpaired) electrons. The van der Waals surface area contributed by atoms with Crippen LogP contribution in [-0.2, 0) is 4.79 Å². The number of aliphatic carboxylic acids is 1. The van der Waals surface area contributed by atoms with Gasteiger partial charge in [0.05, 0.1) is 0 Å². The zero-order valence-corrected chi connectivity index (χ0v) is 9.55. The number of aliphatic imine (C=N–C) groups is 1. The van der Waals surface area contributed by atoms with Crippen LogP contribution in [0.3, 0.4) is 0 Å². The summed E-state index contributed by atoms with van der Waals surface area (Å²) in [4.78, 5) is 15.0. The normalized spacial score (nSPS) is 17.6. The Morgan fingerprint density at radius 1 is 1.29 bits per heavy atom. The van der Waals surface area contributed by atoms with Gasteiger partial charge in [-0.3, -0.25) is 0 Å². The highest BCUT2D eigenvalue weighted by molar-refractivity contribution is 6.44. The van der Waals surface area contributed by atoms with Crippen LogP contribution >= 0.6 is 0 Å². The van der Waals surface area contributed by atoms with Crippen molar-refractivity contribution in [2.45, 2.75) is 13.3 Å². The van der Waals surface area contributed by atoms with Gasteiger partial charge < -0.3 is 5.11 Å². The molecule has 0 amide bonds. The van der Waals surface area contributed by atoms with Gasteiger partial charge in [-0.1, -0.05) is 36.4 Å². The SMILES string of the molecule is CC(=C1CC=CN=C1C(=O)O)c1ccccc1. The minimum atomic E-state index is -0.973. The van der Waals surface area contributed by atoms with E-state index >= 15 is 0 Å². The minimum Gasteiger partial charge on any atom is -0.477 e. The van der Waals surface area contributed by atoms with Crippen LogP contribution < -0.4 is 0 Å². The molecule has 3 heteroatoms. The standard InChI is InChI=1S/C14H13NO2/c1-10(11-6-3-2-4-7-11)12-8-5-9-15-13(12)14(16)17/h2-7,9H,8H2,1H3,(H,16,17). The first-order valence-electron chi connectivity index (χ1n) is 5.42. The van der Waals surface area contributed by atoms with Gasteiger partial charge in [0.2, 0.25) is 0 Å². The lowest BCUT2D eigenvalue weighted by atomic mass is 9.94. The highest BCUT2D eigenvalue weighted by atomic mass is 16.4. The van der Waals surface area contributed by atoms with Crippen molar-refractivity contribution in [2.75, 3.05) is 0 Å². The van der Waals surface area contributed by atoms with Crippen molar-refractivity contribution in [3.63, 3.8) is 0 Å². The highest BCUT2D eigenvalue weighted by Gasteiger charge is 2.19. The van der Waals surface area contributed by atoms with Crippen LogP contribution in [0.2, 0.25) is 0 Å². The fraction of sp³-hybridized carbons (Fsp3) is 0.143. The molecule has 0 aromatic heterocycles. The molecule has 1 aromatic rings. The van der Waals surface area contributed by atoms with Crippen LogP contribution in [0, 0.1) is 0 Å². The molecule has 0 saturated carbocycles. The molecule has 1 heterocycles. The summed E-state index contributed by atoms with van der Waals surface area (Å²) in [6.07, 6.45) is 4.03. The van der Waals surface area contributed by atoms with Gasteiger partial charge in [0, 0.05) is 6.20 Å². The Bertz CT molecular complexity index is 524. The average molecular weight is 227 g/mol. The second kappa shape index (κ2) is 4.78. The van der Waals surface area contributed by atoms with E-state index in [0.29, 0.717) is 6.42 Å². The van der Waals surface area contributed by atoms with Crippen molar-refractivity contribution in [3.8, 4) is 0 Å². The van der Waals surface area contributed by atoms with Gasteiger partial charge in [0.1, 0.15) is 0 Å². The van der Waals surface area contributed by atoms with E-state index < -0.39 is 5.97 Å². The number of carboxylic acids is 1. The highest BCUT2D eigenvalue weighted by Crippen LogP contribution is 2.24. The van der Waals surface area contributed by atoms with Crippen molar-refractivity contribution < 1.29 is 9.90 Å². The molecule has 0 aliphatic carbocycles. The molecule has 0 unspecified atom stereocenters. The fourth-order valence-corrected chi connectivity index (χ4v) is 1.85. The van der Waals surface area contributed by atoms with Crippen LogP contribution in [0.5, 0.6) is 0 Å². The molecule has 1 aliphatic heterocycles. The number of carbonyl (C=O) groups is 1. The third kappa shape index (κ3) is 2.33. The molecule has 0 fully saturated rings. The predicted molar refractivity (Wildman–Crippen MR) is 67.9 cm³/mol. The van der Waals surface area contributed by atoms with Gasteiger partial charge in [0.15, 0.2) is 5.71 Å². The summed E-state index contributed by atoms with van der Waals surface area (Å²) in [5.41, 5.74) is 2.93. The second-order valence-corrected chi connectivity index (χ2v) is 3.84. The number of carboxylic acid groups (broad SMARTS) is 1. The Labute approximate surface area is 99.8 Å². The summed E-state index contributed by atoms with van der Waals surface area (Å²) in [6, 6.07) is 9.76. The van der Waals surface area contributed by atoms with Crippen LogP contribution in [-0.4, -0.2) is 16.8 Å². The predicted octanol–water partition coefficient (Wildman–Crippen LogP) is 2.90. The molecule has 0 saturated heterocycles. The van der Waals surface area contributed by atoms with E-state index in [2.05, 4.69) is 4.99 Å². The van der Waals surface area contributed by atoms with E-state index in [1.807, 2.05) is 43.3 Å². The molecule has 2 rings (SSSR count). The van der Waals surface area contributed by atoms with Crippen molar-refractivity contribution in [1.29, 1.82) is 0 Å². The van der Waals surface area contributed by atoms with Crippen molar-refractivity contribution >= 4 is 17.3 Å². The van der Waals surface area contributed by atoms with E-state index in [0.717, 1.165) is 16.7 Å². The van der Waals surface area contributed by atoms with E-state index in [4.69, 9.17) is 5.11 Å². The number of allylic oxidation sites excluding steroid dienone is 2. The second-order valence-electron chi connectivity index (χ2n) is 3.84. The zero-order chi connectivity index (χ0) is 12.3. The Morgan fingerprint density at radius 3 is 2.65 bits per heavy atom. The number of hydrogen-bond donors (Lipinski definition) is 1. The van der Waals surface area contributed by atoms with Crippen LogP contribution in [0.4, 0.5) is 0 Å². The van der Waals surface area contributed by atoms with Gasteiger partial charge in [-0.05, 0) is 30.1 Å². The summed E-state index contributed by atoms with van der Waals surface area (Å²) >= 11 is 0. The molecule has 0 bridgehead atoms. The van der Waals surface area contributed by atoms with Crippen LogP contribution in [0.25, 0.3) is 5.57 Å². The maximum atomic E-state index is 11.1. The fourth-order valence-electron chi connectivity index (χ4n) is 1.85. The lowest BCUT2D eigenvalue weighted by molar-refractivity contribution is -0.129. The van der Waals surface area contributed by atoms with Crippen LogP contribution in [0.1, 0.15) is 18.9 Å². The van der Waals surface area contributed by atoms with Crippen molar-refractivity contribution in [2.24, 2.45) is 4.99 Å². The summed E-state index contributed by atoms with van der Waals surface area (Å²) in [7, 11) is 0. The number of hydrogen-bond acceptors (Lipinski definition) is 2. The first-order valence-corrected chi connectivity index (χ1v) is 5.42. The van der Waals surface area contributed by atoms with Crippen molar-refractivity contribution in [3.05, 3.63) is 53.7 Å². The summed E-state index contributed by atoms with van der Waals surface area (Å²) in [6.45, 7) is 1.93. The third-order valence-electron chi connectivity index (χ3n) is 2.78. The topological polar surface area (TPSA) is 49.7 Å². The molecule has 1 N–H and O–H groups in total. The Hall–Kier alpha value is -2.16. The quantitative estimate of drug-likeness (QED) is 0.844. The van der Waals surface area contributed by atoms with E-state index in [1.54, 1.807) is 6.20 Å². The number of benzene rings is 1. The first-order chi connectivity index (χ1) is 8.20. The molecule has 0 spiro atoms. The molecule has 0 atom stereocenters. The number of nitrogens with zero attached hydrogens (tertiary/aromatic N) is 1. The summed E-state index contributed by atoms with van der Waals surface area (Å²) in [5, 5.41) is 9.11. The molecule has 86 valence electrons. The van der Waals surface area contributed by atoms with Gasteiger partial charge in [-0.15, -0.1) is 0 Å². The average Bonchev–Trinajstić information content (AvgIpc) is 2.39. The van der Waals surface area contributed by atoms with Gasteiger partial charge in [0.25, 0.3) is 0 Å². The molecule has 1 aliphatic rings. The monoisotopic (exact) mass is 227 g/mol. The summed E-state index contributed by atoms with van der Waals surface area (Å²) < 4.78 is 0. The smallest absolute Gasteiger partial charge is 0.354 e. The largest absolute Gasteiger partial charge is 0.477 e. The molecular weight excluding hydrogens is 214 g/mol. The van der Waals surface area contributed by atoms with E-state index in [9.17, 15) is 4.79 Å². The zero-order valence-electron chi connectivity index (χ0n) is 9.55. The molecule has 3 nitrogen and oxygen atoms in total. The minimum absolute atomic E-state index is 0.147. The van der Waals surface area contributed by atoms with E-state index in [-0.39, 0.29) is 5.71 Å². The molecule has 17 heavy (non-hydrogen) atoms. The molecule has 1 aromatic carbocycles. The summed E-state index contributed by atoms with van der Waals surface area (Å²) in [5.74, 6) is -0.973. The van der Waals surface area contributed by atoms with Gasteiger partial charge >= 0.3 is 5.97 Å². The Kier molecular flexibility index (Phi) is 3.19. The van der Waals surface area contributed by atoms with Crippen LogP contribution in [0.15, 0.2) is 53.2 Å². The molecular formula is C14H13NO2. The maximum Gasteiger partial charge on any atom is 0.354 e. The Morgan fingerprint density at radius 2 is 2.00 bits per heavy atom. The maximum absolute atomic E-state index is 11.1. The van der Waals surface area contributed by atoms with E-state index in [1.165, 1.54) is 0 Å². The Balaban J connectivity index is 2.48. The number of rotatable bonds is 2. The first kappa shape index (κ1) is 11.3. The lowest BCUT2D eigenvalue weighted by Crippen LogP contribution is -2.18. The third-order valence-corrected chi connectivity index (χ3v) is 2.78.